The minimum absolute atomic E-state index is 0.735. The Balaban J connectivity index is 1.87. The maximum Gasteiger partial charge on any atom is 0.162 e. The molecule has 3 heteroatoms. The lowest BCUT2D eigenvalue weighted by atomic mass is 10.1. The Kier molecular flexibility index (Phi) is 3.08. The van der Waals surface area contributed by atoms with Crippen LogP contribution < -0.4 is 9.92 Å². The van der Waals surface area contributed by atoms with Gasteiger partial charge in [-0.2, -0.15) is 0 Å². The smallest absolute Gasteiger partial charge is 0.162 e. The number of fused-ring (bicyclic) bond motifs is 3. The van der Waals surface area contributed by atoms with Gasteiger partial charge in [-0.1, -0.05) is 56.3 Å². The van der Waals surface area contributed by atoms with Crippen LogP contribution in [0.5, 0.6) is 5.75 Å². The zero-order valence-corrected chi connectivity index (χ0v) is 13.9. The highest BCUT2D eigenvalue weighted by molar-refractivity contribution is 6.90. The van der Waals surface area contributed by atoms with Crippen molar-refractivity contribution in [3.05, 3.63) is 36.4 Å². The largest absolute Gasteiger partial charge is 0.479 e. The predicted molar refractivity (Wildman–Crippen MR) is 90.7 cm³/mol. The summed E-state index contributed by atoms with van der Waals surface area (Å²) in [6, 6.07) is 13.9. The third-order valence-corrected chi connectivity index (χ3v) is 9.01. The Morgan fingerprint density at radius 1 is 1.05 bits per heavy atom. The van der Waals surface area contributed by atoms with Crippen molar-refractivity contribution in [3.8, 4) is 5.75 Å². The van der Waals surface area contributed by atoms with Gasteiger partial charge in [0, 0.05) is 11.2 Å². The van der Waals surface area contributed by atoms with Crippen LogP contribution in [0.25, 0.3) is 10.8 Å². The Morgan fingerprint density at radius 2 is 1.81 bits per heavy atom. The quantitative estimate of drug-likeness (QED) is 0.741. The molecule has 2 aliphatic rings. The zero-order chi connectivity index (χ0) is 14.4. The lowest BCUT2D eigenvalue weighted by molar-refractivity contribution is 0.151. The standard InChI is InChI=1S/C18H23NOSi/c1-21(2)18-16-10-6-3-7-14(16)11-12-17(18)20-13-19(21)15-8-4-5-9-15/h3,6-7,10-12,15H,4-5,8-9,13H2,1-2H3. The van der Waals surface area contributed by atoms with Gasteiger partial charge in [0.2, 0.25) is 0 Å². The van der Waals surface area contributed by atoms with Gasteiger partial charge in [0.1, 0.15) is 12.5 Å². The number of nitrogens with zero attached hydrogens (tertiary/aromatic N) is 1. The molecule has 2 aromatic rings. The van der Waals surface area contributed by atoms with Crippen LogP contribution in [0.2, 0.25) is 13.1 Å². The highest BCUT2D eigenvalue weighted by Gasteiger charge is 2.43. The normalized spacial score (nSPS) is 22.2. The van der Waals surface area contributed by atoms with Crippen molar-refractivity contribution in [3.63, 3.8) is 0 Å². The Hall–Kier alpha value is -1.32. The zero-order valence-electron chi connectivity index (χ0n) is 12.9. The number of hydrogen-bond donors (Lipinski definition) is 0. The van der Waals surface area contributed by atoms with E-state index in [1.54, 1.807) is 0 Å². The summed E-state index contributed by atoms with van der Waals surface area (Å²) in [5.41, 5.74) is 0. The second-order valence-corrected chi connectivity index (χ2v) is 11.1. The SMILES string of the molecule is C[Si]1(C)c2c(ccc3ccccc23)OCN1C1CCCC1. The number of rotatable bonds is 1. The Labute approximate surface area is 127 Å². The summed E-state index contributed by atoms with van der Waals surface area (Å²) in [4.78, 5) is 0. The van der Waals surface area contributed by atoms with Crippen LogP contribution in [0.4, 0.5) is 0 Å². The topological polar surface area (TPSA) is 12.5 Å². The van der Waals surface area contributed by atoms with Crippen LogP contribution in [0, 0.1) is 0 Å². The molecule has 110 valence electrons. The van der Waals surface area contributed by atoms with Gasteiger partial charge >= 0.3 is 0 Å². The molecule has 1 aliphatic heterocycles. The molecule has 1 aliphatic carbocycles. The summed E-state index contributed by atoms with van der Waals surface area (Å²) >= 11 is 0. The highest BCUT2D eigenvalue weighted by atomic mass is 28.3. The predicted octanol–water partition coefficient (Wildman–Crippen LogP) is 3.85. The second-order valence-electron chi connectivity index (χ2n) is 6.90. The van der Waals surface area contributed by atoms with E-state index in [-0.39, 0.29) is 0 Å². The monoisotopic (exact) mass is 297 g/mol. The summed E-state index contributed by atoms with van der Waals surface area (Å²) in [7, 11) is -1.66. The molecule has 0 atom stereocenters. The van der Waals surface area contributed by atoms with Crippen molar-refractivity contribution in [2.75, 3.05) is 6.73 Å². The molecule has 0 radical (unpaired) electrons. The van der Waals surface area contributed by atoms with Crippen molar-refractivity contribution in [2.24, 2.45) is 0 Å². The van der Waals surface area contributed by atoms with E-state index in [2.05, 4.69) is 54.1 Å². The molecule has 1 saturated carbocycles. The van der Waals surface area contributed by atoms with E-state index < -0.39 is 8.24 Å². The van der Waals surface area contributed by atoms with Gasteiger partial charge in [0.25, 0.3) is 0 Å². The van der Waals surface area contributed by atoms with Crippen molar-refractivity contribution >= 4 is 24.2 Å². The lowest BCUT2D eigenvalue weighted by Gasteiger charge is -2.45. The third kappa shape index (κ3) is 2.02. The fourth-order valence-corrected chi connectivity index (χ4v) is 7.72. The average Bonchev–Trinajstić information content (AvgIpc) is 3.00. The molecule has 4 rings (SSSR count). The lowest BCUT2D eigenvalue weighted by Crippen LogP contribution is -2.65. The maximum atomic E-state index is 6.15. The molecule has 0 amide bonds. The Bertz CT molecular complexity index is 676. The summed E-state index contributed by atoms with van der Waals surface area (Å²) in [5, 5.41) is 4.24. The molecule has 2 aromatic carbocycles. The minimum Gasteiger partial charge on any atom is -0.479 e. The summed E-state index contributed by atoms with van der Waals surface area (Å²) < 4.78 is 8.87. The first-order chi connectivity index (χ1) is 10.2. The fourth-order valence-electron chi connectivity index (χ4n) is 4.22. The Morgan fingerprint density at radius 3 is 2.62 bits per heavy atom. The molecule has 21 heavy (non-hydrogen) atoms. The molecule has 0 unspecified atom stereocenters. The van der Waals surface area contributed by atoms with Gasteiger partial charge in [0.15, 0.2) is 8.24 Å². The molecule has 0 saturated heterocycles. The van der Waals surface area contributed by atoms with Crippen LogP contribution in [-0.2, 0) is 0 Å². The van der Waals surface area contributed by atoms with Gasteiger partial charge < -0.3 is 4.74 Å². The first-order valence-electron chi connectivity index (χ1n) is 8.10. The first kappa shape index (κ1) is 13.3. The van der Waals surface area contributed by atoms with Crippen molar-refractivity contribution in [1.82, 2.24) is 4.57 Å². The molecule has 0 aromatic heterocycles. The molecule has 0 bridgehead atoms. The summed E-state index contributed by atoms with van der Waals surface area (Å²) in [6.07, 6.45) is 5.46. The van der Waals surface area contributed by atoms with E-state index in [1.807, 2.05) is 0 Å². The van der Waals surface area contributed by atoms with Crippen molar-refractivity contribution in [1.29, 1.82) is 0 Å². The van der Waals surface area contributed by atoms with E-state index in [0.29, 0.717) is 0 Å². The summed E-state index contributed by atoms with van der Waals surface area (Å²) in [5.74, 6) is 1.12. The van der Waals surface area contributed by atoms with Crippen LogP contribution in [0.15, 0.2) is 36.4 Å². The first-order valence-corrected chi connectivity index (χ1v) is 11.0. The maximum absolute atomic E-state index is 6.15. The van der Waals surface area contributed by atoms with E-state index in [0.717, 1.165) is 18.5 Å². The number of ether oxygens (including phenoxy) is 1. The van der Waals surface area contributed by atoms with Gasteiger partial charge in [-0.25, -0.2) is 0 Å². The van der Waals surface area contributed by atoms with E-state index in [1.165, 1.54) is 41.6 Å². The van der Waals surface area contributed by atoms with E-state index >= 15 is 0 Å². The van der Waals surface area contributed by atoms with Gasteiger partial charge in [-0.05, 0) is 29.7 Å². The van der Waals surface area contributed by atoms with Crippen LogP contribution >= 0.6 is 0 Å². The van der Waals surface area contributed by atoms with Crippen molar-refractivity contribution in [2.45, 2.75) is 44.8 Å². The molecule has 2 nitrogen and oxygen atoms in total. The van der Waals surface area contributed by atoms with Crippen LogP contribution in [0.3, 0.4) is 0 Å². The van der Waals surface area contributed by atoms with Gasteiger partial charge in [-0.3, -0.25) is 4.57 Å². The fraction of sp³-hybridized carbons (Fsp3) is 0.444. The second kappa shape index (κ2) is 4.85. The molecular weight excluding hydrogens is 274 g/mol. The van der Waals surface area contributed by atoms with Crippen LogP contribution in [-0.4, -0.2) is 25.6 Å². The number of hydrogen-bond acceptors (Lipinski definition) is 2. The molecule has 1 heterocycles. The van der Waals surface area contributed by atoms with Gasteiger partial charge in [0.05, 0.1) is 0 Å². The molecule has 0 spiro atoms. The molecule has 0 N–H and O–H groups in total. The van der Waals surface area contributed by atoms with Crippen molar-refractivity contribution < 1.29 is 4.74 Å². The van der Waals surface area contributed by atoms with E-state index in [9.17, 15) is 0 Å². The molecular formula is C18H23NOSi. The van der Waals surface area contributed by atoms with Gasteiger partial charge in [-0.15, -0.1) is 0 Å². The van der Waals surface area contributed by atoms with Crippen LogP contribution in [0.1, 0.15) is 25.7 Å². The highest BCUT2D eigenvalue weighted by Crippen LogP contribution is 2.34. The molecule has 1 fully saturated rings. The minimum atomic E-state index is -1.66. The number of benzene rings is 2. The summed E-state index contributed by atoms with van der Waals surface area (Å²) in [6.45, 7) is 5.79. The van der Waals surface area contributed by atoms with E-state index in [4.69, 9.17) is 4.74 Å². The average molecular weight is 297 g/mol. The third-order valence-electron chi connectivity index (χ3n) is 5.35.